The molecule has 0 bridgehead atoms. The molecule has 1 nitrogen and oxygen atoms in total. The van der Waals surface area contributed by atoms with Gasteiger partial charge in [-0.15, -0.1) is 0 Å². The first kappa shape index (κ1) is 15.8. The lowest BCUT2D eigenvalue weighted by Crippen LogP contribution is -2.23. The molecule has 0 aliphatic heterocycles. The summed E-state index contributed by atoms with van der Waals surface area (Å²) in [5, 5.41) is 3.64. The Morgan fingerprint density at radius 3 is 2.05 bits per heavy atom. The van der Waals surface area contributed by atoms with Gasteiger partial charge in [0.25, 0.3) is 0 Å². The van der Waals surface area contributed by atoms with E-state index in [0.717, 1.165) is 19.4 Å². The van der Waals surface area contributed by atoms with Crippen LogP contribution in [-0.4, -0.2) is 6.54 Å². The third-order valence-electron chi connectivity index (χ3n) is 4.29. The first-order valence-corrected chi connectivity index (χ1v) is 8.03. The van der Waals surface area contributed by atoms with E-state index in [-0.39, 0.29) is 0 Å². The van der Waals surface area contributed by atoms with E-state index < -0.39 is 0 Å². The number of likely N-dealkylation sites (N-methyl/N-ethyl adjacent to an activating group) is 1. The Morgan fingerprint density at radius 1 is 0.905 bits per heavy atom. The van der Waals surface area contributed by atoms with Crippen LogP contribution in [0.1, 0.15) is 47.7 Å². The second-order valence-corrected chi connectivity index (χ2v) is 5.78. The van der Waals surface area contributed by atoms with Crippen molar-refractivity contribution in [3.63, 3.8) is 0 Å². The largest absolute Gasteiger partial charge is 0.310 e. The molecule has 0 radical (unpaired) electrons. The molecule has 1 N–H and O–H groups in total. The van der Waals surface area contributed by atoms with Crippen LogP contribution in [0.4, 0.5) is 0 Å². The normalized spacial score (nSPS) is 12.4. The van der Waals surface area contributed by atoms with Gasteiger partial charge in [0.2, 0.25) is 0 Å². The molecule has 21 heavy (non-hydrogen) atoms. The van der Waals surface area contributed by atoms with Crippen molar-refractivity contribution in [2.24, 2.45) is 0 Å². The van der Waals surface area contributed by atoms with Crippen molar-refractivity contribution in [2.75, 3.05) is 6.54 Å². The third-order valence-corrected chi connectivity index (χ3v) is 4.29. The molecule has 0 heterocycles. The molecule has 2 aromatic carbocycles. The molecule has 0 fully saturated rings. The highest BCUT2D eigenvalue weighted by molar-refractivity contribution is 5.36. The highest BCUT2D eigenvalue weighted by Crippen LogP contribution is 2.23. The van der Waals surface area contributed by atoms with E-state index >= 15 is 0 Å². The van der Waals surface area contributed by atoms with Crippen molar-refractivity contribution in [1.29, 1.82) is 0 Å². The molecule has 0 spiro atoms. The van der Waals surface area contributed by atoms with Gasteiger partial charge in [0, 0.05) is 6.04 Å². The smallest absolute Gasteiger partial charge is 0.0360 e. The predicted octanol–water partition coefficient (Wildman–Crippen LogP) is 4.76. The Morgan fingerprint density at radius 2 is 1.52 bits per heavy atom. The molecular formula is C20H27N. The number of benzene rings is 2. The van der Waals surface area contributed by atoms with Crippen molar-refractivity contribution in [3.05, 3.63) is 70.3 Å². The summed E-state index contributed by atoms with van der Waals surface area (Å²) in [6.07, 6.45) is 2.15. The maximum absolute atomic E-state index is 3.64. The van der Waals surface area contributed by atoms with Crippen molar-refractivity contribution >= 4 is 0 Å². The fourth-order valence-electron chi connectivity index (χ4n) is 2.91. The second kappa shape index (κ2) is 7.42. The first-order valence-electron chi connectivity index (χ1n) is 8.03. The first-order chi connectivity index (χ1) is 10.2. The van der Waals surface area contributed by atoms with Crippen LogP contribution < -0.4 is 5.32 Å². The Balaban J connectivity index is 2.26. The van der Waals surface area contributed by atoms with Gasteiger partial charge in [0.05, 0.1) is 0 Å². The van der Waals surface area contributed by atoms with Crippen molar-refractivity contribution in [2.45, 2.75) is 46.6 Å². The summed E-state index contributed by atoms with van der Waals surface area (Å²) in [4.78, 5) is 0. The zero-order chi connectivity index (χ0) is 15.2. The van der Waals surface area contributed by atoms with Crippen LogP contribution in [0.3, 0.4) is 0 Å². The Bertz CT molecular complexity index is 549. The lowest BCUT2D eigenvalue weighted by molar-refractivity contribution is 0.547. The van der Waals surface area contributed by atoms with Crippen LogP contribution in [0, 0.1) is 13.8 Å². The molecule has 2 rings (SSSR count). The van der Waals surface area contributed by atoms with E-state index in [1.807, 2.05) is 0 Å². The summed E-state index contributed by atoms with van der Waals surface area (Å²) in [7, 11) is 0. The standard InChI is InChI=1S/C20H27N/c1-5-17-10-12-18(13-11-17)20(21-6-2)14-19-15(3)8-7-9-16(19)4/h7-13,20-21H,5-6,14H2,1-4H3. The predicted molar refractivity (Wildman–Crippen MR) is 91.9 cm³/mol. The molecule has 1 atom stereocenters. The number of nitrogens with one attached hydrogen (secondary N) is 1. The Kier molecular flexibility index (Phi) is 5.58. The number of hydrogen-bond donors (Lipinski definition) is 1. The summed E-state index contributed by atoms with van der Waals surface area (Å²) >= 11 is 0. The van der Waals surface area contributed by atoms with Crippen LogP contribution in [0.5, 0.6) is 0 Å². The second-order valence-electron chi connectivity index (χ2n) is 5.78. The van der Waals surface area contributed by atoms with E-state index in [9.17, 15) is 0 Å². The fraction of sp³-hybridized carbons (Fsp3) is 0.400. The van der Waals surface area contributed by atoms with Crippen LogP contribution in [-0.2, 0) is 12.8 Å². The highest BCUT2D eigenvalue weighted by Gasteiger charge is 2.13. The molecule has 0 aromatic heterocycles. The van der Waals surface area contributed by atoms with Gasteiger partial charge in [-0.3, -0.25) is 0 Å². The van der Waals surface area contributed by atoms with Crippen LogP contribution in [0.25, 0.3) is 0 Å². The maximum Gasteiger partial charge on any atom is 0.0360 e. The van der Waals surface area contributed by atoms with E-state index in [4.69, 9.17) is 0 Å². The van der Waals surface area contributed by atoms with Crippen LogP contribution in [0.15, 0.2) is 42.5 Å². The monoisotopic (exact) mass is 281 g/mol. The van der Waals surface area contributed by atoms with E-state index in [1.165, 1.54) is 27.8 Å². The fourth-order valence-corrected chi connectivity index (χ4v) is 2.91. The average Bonchev–Trinajstić information content (AvgIpc) is 2.50. The summed E-state index contributed by atoms with van der Waals surface area (Å²) in [6, 6.07) is 16.0. The SMILES string of the molecule is CCNC(Cc1c(C)cccc1C)c1ccc(CC)cc1. The van der Waals surface area contributed by atoms with Crippen LogP contribution in [0.2, 0.25) is 0 Å². The van der Waals surface area contributed by atoms with Gasteiger partial charge in [-0.2, -0.15) is 0 Å². The molecule has 0 amide bonds. The van der Waals surface area contributed by atoms with Crippen molar-refractivity contribution in [3.8, 4) is 0 Å². The zero-order valence-corrected chi connectivity index (χ0v) is 13.7. The van der Waals surface area contributed by atoms with Crippen LogP contribution >= 0.6 is 0 Å². The molecular weight excluding hydrogens is 254 g/mol. The third kappa shape index (κ3) is 3.95. The van der Waals surface area contributed by atoms with E-state index in [0.29, 0.717) is 6.04 Å². The minimum atomic E-state index is 0.390. The number of rotatable bonds is 6. The molecule has 0 aliphatic carbocycles. The molecule has 1 unspecified atom stereocenters. The number of hydrogen-bond acceptors (Lipinski definition) is 1. The van der Waals surface area contributed by atoms with Gasteiger partial charge >= 0.3 is 0 Å². The molecule has 0 saturated carbocycles. The van der Waals surface area contributed by atoms with Gasteiger partial charge < -0.3 is 5.32 Å². The topological polar surface area (TPSA) is 12.0 Å². The quantitative estimate of drug-likeness (QED) is 0.805. The van der Waals surface area contributed by atoms with Gasteiger partial charge in [-0.05, 0) is 61.1 Å². The van der Waals surface area contributed by atoms with E-state index in [2.05, 4.69) is 75.5 Å². The lowest BCUT2D eigenvalue weighted by Gasteiger charge is -2.21. The summed E-state index contributed by atoms with van der Waals surface area (Å²) in [6.45, 7) is 9.80. The van der Waals surface area contributed by atoms with E-state index in [1.54, 1.807) is 0 Å². The summed E-state index contributed by atoms with van der Waals surface area (Å²) in [5.41, 5.74) is 7.05. The zero-order valence-electron chi connectivity index (χ0n) is 13.7. The average molecular weight is 281 g/mol. The van der Waals surface area contributed by atoms with Gasteiger partial charge in [0.15, 0.2) is 0 Å². The van der Waals surface area contributed by atoms with Crippen molar-refractivity contribution < 1.29 is 0 Å². The van der Waals surface area contributed by atoms with Gasteiger partial charge in [-0.1, -0.05) is 56.3 Å². The minimum Gasteiger partial charge on any atom is -0.310 e. The summed E-state index contributed by atoms with van der Waals surface area (Å²) < 4.78 is 0. The minimum absolute atomic E-state index is 0.390. The highest BCUT2D eigenvalue weighted by atomic mass is 14.9. The molecule has 2 aromatic rings. The summed E-state index contributed by atoms with van der Waals surface area (Å²) in [5.74, 6) is 0. The number of aryl methyl sites for hydroxylation is 3. The molecule has 112 valence electrons. The lowest BCUT2D eigenvalue weighted by atomic mass is 9.92. The molecule has 0 saturated heterocycles. The Hall–Kier alpha value is -1.60. The van der Waals surface area contributed by atoms with Crippen molar-refractivity contribution in [1.82, 2.24) is 5.32 Å². The van der Waals surface area contributed by atoms with Gasteiger partial charge in [0.1, 0.15) is 0 Å². The Labute approximate surface area is 129 Å². The maximum atomic E-state index is 3.64. The molecule has 0 aliphatic rings. The molecule has 1 heteroatoms. The van der Waals surface area contributed by atoms with Gasteiger partial charge in [-0.25, -0.2) is 0 Å².